The maximum absolute atomic E-state index is 13.4. The molecule has 602 valence electrons. The van der Waals surface area contributed by atoms with Gasteiger partial charge in [0, 0.05) is 22.3 Å². The number of hydrogen-bond donors (Lipinski definition) is 0. The summed E-state index contributed by atoms with van der Waals surface area (Å²) in [5.41, 5.74) is 0.164. The summed E-state index contributed by atoms with van der Waals surface area (Å²) in [5.74, 6) is -31.1. The lowest BCUT2D eigenvalue weighted by molar-refractivity contribution is -0.130. The fourth-order valence-electron chi connectivity index (χ4n) is 7.45. The van der Waals surface area contributed by atoms with E-state index in [4.69, 9.17) is 0 Å². The smallest absolute Gasteiger partial charge is 0.338 e. The number of carbonyl (C=O) groups excluding carboxylic acids is 1. The van der Waals surface area contributed by atoms with E-state index in [0.29, 0.717) is 40.5 Å². The van der Waals surface area contributed by atoms with E-state index >= 15 is 0 Å². The third-order valence-corrected chi connectivity index (χ3v) is 18.5. The first-order chi connectivity index (χ1) is 49.4. The van der Waals surface area contributed by atoms with Crippen molar-refractivity contribution in [3.8, 4) is 5.75 Å². The van der Waals surface area contributed by atoms with Gasteiger partial charge in [-0.05, 0) is 136 Å². The predicted octanol–water partition coefficient (Wildman–Crippen LogP) is 13.0. The van der Waals surface area contributed by atoms with Crippen LogP contribution in [0.1, 0.15) is 81.8 Å². The largest absolute Gasteiger partial charge is 0.744 e. The molecule has 7 rings (SSSR count). The van der Waals surface area contributed by atoms with Crippen molar-refractivity contribution in [2.45, 2.75) is 82.7 Å². The maximum atomic E-state index is 13.4. The molecule has 0 aliphatic carbocycles. The number of esters is 1. The zero-order valence-electron chi connectivity index (χ0n) is 56.2. The zero-order chi connectivity index (χ0) is 86.6. The highest BCUT2D eigenvalue weighted by atomic mass is 32.2. The number of ether oxygens (including phenoxy) is 1. The Hall–Kier alpha value is -9.56. The Morgan fingerprint density at radius 2 is 0.627 bits per heavy atom. The Morgan fingerprint density at radius 3 is 0.927 bits per heavy atom. The zero-order valence-corrected chi connectivity index (χ0v) is 61.9. The molecule has 46 heteroatoms. The topological polar surface area (TPSA) is 427 Å². The van der Waals surface area contributed by atoms with Gasteiger partial charge in [0.05, 0.1) is 25.1 Å². The van der Waals surface area contributed by atoms with Gasteiger partial charge in [0.25, 0.3) is 0 Å². The molecule has 0 atom stereocenters. The molecule has 0 bridgehead atoms. The molecule has 0 radical (unpaired) electrons. The number of allylic oxidation sites excluding steroid dienone is 6. The molecule has 0 aliphatic rings. The van der Waals surface area contributed by atoms with Crippen molar-refractivity contribution in [3.63, 3.8) is 0 Å². The molecule has 7 aromatic rings. The first kappa shape index (κ1) is 98.4. The van der Waals surface area contributed by atoms with E-state index in [2.05, 4.69) is 50.8 Å². The van der Waals surface area contributed by atoms with Crippen LogP contribution in [0.25, 0.3) is 33.4 Å². The van der Waals surface area contributed by atoms with Crippen LogP contribution in [-0.4, -0.2) is 96.8 Å². The molecule has 0 aromatic heterocycles. The van der Waals surface area contributed by atoms with Crippen LogP contribution >= 0.6 is 0 Å². The van der Waals surface area contributed by atoms with E-state index in [9.17, 15) is 166 Å². The van der Waals surface area contributed by atoms with Gasteiger partial charge >= 0.3 is 5.97 Å². The molecule has 0 saturated heterocycles. The van der Waals surface area contributed by atoms with Gasteiger partial charge < -0.3 is 36.6 Å². The van der Waals surface area contributed by atoms with Crippen LogP contribution in [0.5, 0.6) is 5.75 Å². The summed E-state index contributed by atoms with van der Waals surface area (Å²) in [6, 6.07) is 10.5. The van der Waals surface area contributed by atoms with Crippen LogP contribution in [-0.2, 0) is 75.6 Å². The molecule has 0 heterocycles. The van der Waals surface area contributed by atoms with E-state index in [1.165, 1.54) is 32.9 Å². The number of carbonyl (C=O) groups is 1. The minimum absolute atomic E-state index is 0.109. The molecule has 110 heavy (non-hydrogen) atoms. The average molecular weight is 1710 g/mol. The SMILES string of the molecule is C=C(C)C(=O)Oc1c(F)c(F)c(S(=O)(=O)[O-])c(F)c1F.C=C(C)c1c(F)c(F)c(S(=O)(=O)[O-])c(F)c1F.C=C(C)c1c(F)cc(S(=O)(=O)[O-])cc1F.C=C(C)c1cc(F)c(S(=O)(=O)[O-])c(F)c1.C=C(C)c1ccc(S(=O)(=O)[O-])c(F)c1.C=C(C)c1ccc(S(=O)(=O)[O-])c(F)c1F.C=C(C)c1ccc(S(=O)(=O)[O-])cc1F. The number of halogens is 16. The molecule has 0 fully saturated rings. The fourth-order valence-corrected chi connectivity index (χ4v) is 11.3. The van der Waals surface area contributed by atoms with E-state index in [0.717, 1.165) is 56.3 Å². The normalized spacial score (nSPS) is 11.4. The van der Waals surface area contributed by atoms with Crippen LogP contribution in [0.15, 0.2) is 159 Å². The molecule has 0 unspecified atom stereocenters. The second-order valence-corrected chi connectivity index (χ2v) is 30.9. The number of benzene rings is 7. The van der Waals surface area contributed by atoms with Crippen molar-refractivity contribution >= 4 is 110 Å². The first-order valence-corrected chi connectivity index (χ1v) is 37.6. The summed E-state index contributed by atoms with van der Waals surface area (Å²) in [5, 5.41) is 0. The van der Waals surface area contributed by atoms with Gasteiger partial charge in [-0.3, -0.25) is 0 Å². The second-order valence-electron chi connectivity index (χ2n) is 21.5. The number of hydrogen-bond acceptors (Lipinski definition) is 23. The molecule has 0 N–H and O–H groups in total. The Morgan fingerprint density at radius 1 is 0.291 bits per heavy atom. The van der Waals surface area contributed by atoms with Gasteiger partial charge in [-0.25, -0.2) is 125 Å². The lowest BCUT2D eigenvalue weighted by Crippen LogP contribution is -2.16. The molecule has 0 spiro atoms. The summed E-state index contributed by atoms with van der Waals surface area (Å²) in [6.07, 6.45) is 0. The molecule has 0 amide bonds. The Kier molecular flexibility index (Phi) is 33.9. The highest BCUT2D eigenvalue weighted by Gasteiger charge is 2.32. The Labute approximate surface area is 616 Å². The standard InChI is InChI=1S/C10H6F4O5S.C9H6F4O3S.3C9H8F2O3S.2C9H9FO3S/c1-3(2)10(15)19-8-4(11)6(13)9(20(16,17)18)7(14)5(8)12;1-3(2)4-5(10)7(12)9(17(14,15)16)8(13)6(4)11;1-5(2)9-7(10)3-6(4-8(9)11)15(12,13)14;1-5(2)6-3-7(10)9(8(11)4-6)15(12,13)14;1-5(2)6-3-4-7(15(12,13)14)9(11)8(6)10;1-6(2)8-4-3-7(5-9(8)10)14(11,12)13;1-6(2)7-3-4-9(8(10)5-7)14(11,12)13/h1H2,2H3,(H,16,17,18);1H2,2H3,(H,14,15,16);3*3-4H,1H2,2H3,(H,12,13,14);2*3-5H,1H2,2H3,(H,11,12,13)/p-7. The fraction of sp³-hybridized carbons (Fsp3) is 0.109. The van der Waals surface area contributed by atoms with Gasteiger partial charge in [0.1, 0.15) is 120 Å². The molecule has 0 saturated carbocycles. The van der Waals surface area contributed by atoms with E-state index < -0.39 is 221 Å². The number of rotatable bonds is 15. The summed E-state index contributed by atoms with van der Waals surface area (Å²) in [6.45, 7) is 33.1. The van der Waals surface area contributed by atoms with Crippen LogP contribution in [0.3, 0.4) is 0 Å². The minimum atomic E-state index is -5.81. The van der Waals surface area contributed by atoms with Crippen molar-refractivity contribution in [1.82, 2.24) is 0 Å². The highest BCUT2D eigenvalue weighted by Crippen LogP contribution is 2.35. The lowest BCUT2D eigenvalue weighted by Gasteiger charge is -2.13. The minimum Gasteiger partial charge on any atom is -0.744 e. The Bertz CT molecular complexity index is 5710. The van der Waals surface area contributed by atoms with Crippen LogP contribution in [0.4, 0.5) is 70.2 Å². The van der Waals surface area contributed by atoms with E-state index in [1.54, 1.807) is 13.8 Å². The molecular weight excluding hydrogens is 1670 g/mol. The first-order valence-electron chi connectivity index (χ1n) is 27.7. The summed E-state index contributed by atoms with van der Waals surface area (Å²) in [4.78, 5) is 1.57. The second kappa shape index (κ2) is 37.9. The van der Waals surface area contributed by atoms with Crippen LogP contribution in [0, 0.1) is 93.1 Å². The highest BCUT2D eigenvalue weighted by molar-refractivity contribution is 7.87. The van der Waals surface area contributed by atoms with Gasteiger partial charge in [-0.2, -0.15) is 8.78 Å². The molecular formula is C64H47F16O23S7-7. The third kappa shape index (κ3) is 26.6. The van der Waals surface area contributed by atoms with Crippen molar-refractivity contribution in [1.29, 1.82) is 0 Å². The van der Waals surface area contributed by atoms with E-state index in [-0.39, 0.29) is 39.0 Å². The third-order valence-electron chi connectivity index (χ3n) is 12.5. The van der Waals surface area contributed by atoms with Gasteiger partial charge in [0.15, 0.2) is 46.5 Å². The summed E-state index contributed by atoms with van der Waals surface area (Å²) >= 11 is 0. The Balaban J connectivity index is 0.000000644. The quantitative estimate of drug-likeness (QED) is 0.0230. The van der Waals surface area contributed by atoms with Crippen molar-refractivity contribution < 1.29 is 171 Å². The summed E-state index contributed by atoms with van der Waals surface area (Å²) < 4.78 is 436. The monoisotopic (exact) mass is 1710 g/mol. The van der Waals surface area contributed by atoms with Gasteiger partial charge in [0.2, 0.25) is 17.4 Å². The van der Waals surface area contributed by atoms with Gasteiger partial charge in [-0.1, -0.05) is 75.4 Å². The lowest BCUT2D eigenvalue weighted by atomic mass is 10.1. The molecule has 0 aliphatic heterocycles. The van der Waals surface area contributed by atoms with Crippen LogP contribution in [0.2, 0.25) is 0 Å². The van der Waals surface area contributed by atoms with Crippen molar-refractivity contribution in [3.05, 3.63) is 251 Å². The van der Waals surface area contributed by atoms with Gasteiger partial charge in [-0.15, -0.1) is 0 Å². The summed E-state index contributed by atoms with van der Waals surface area (Å²) in [7, 11) is -35.8. The maximum Gasteiger partial charge on any atom is 0.338 e. The van der Waals surface area contributed by atoms with Crippen LogP contribution < -0.4 is 4.74 Å². The molecule has 23 nitrogen and oxygen atoms in total. The average Bonchev–Trinajstić information content (AvgIpc) is 0.760. The molecule has 7 aromatic carbocycles. The van der Waals surface area contributed by atoms with Crippen molar-refractivity contribution in [2.75, 3.05) is 0 Å². The van der Waals surface area contributed by atoms with Crippen molar-refractivity contribution in [2.24, 2.45) is 0 Å². The van der Waals surface area contributed by atoms with E-state index in [1.807, 2.05) is 0 Å². The predicted molar refractivity (Wildman–Crippen MR) is 349 cm³/mol.